The molecule has 1 fully saturated rings. The Morgan fingerprint density at radius 2 is 1.78 bits per heavy atom. The molecule has 3 rings (SSSR count). The van der Waals surface area contributed by atoms with Crippen molar-refractivity contribution in [2.75, 3.05) is 6.61 Å². The van der Waals surface area contributed by atoms with Crippen LogP contribution in [0.4, 0.5) is 0 Å². The number of benzene rings is 2. The molecular formula is C21H25ClO5. The van der Waals surface area contributed by atoms with E-state index in [1.54, 1.807) is 12.1 Å². The highest BCUT2D eigenvalue weighted by atomic mass is 35.5. The van der Waals surface area contributed by atoms with Crippen molar-refractivity contribution in [2.24, 2.45) is 0 Å². The Kier molecular flexibility index (Phi) is 6.40. The van der Waals surface area contributed by atoms with Crippen LogP contribution in [0.5, 0.6) is 5.75 Å². The van der Waals surface area contributed by atoms with Crippen LogP contribution in [-0.2, 0) is 11.2 Å². The lowest BCUT2D eigenvalue weighted by atomic mass is 9.99. The van der Waals surface area contributed by atoms with Gasteiger partial charge in [-0.15, -0.1) is 0 Å². The summed E-state index contributed by atoms with van der Waals surface area (Å²) in [6.07, 6.45) is -4.15. The third kappa shape index (κ3) is 4.81. The van der Waals surface area contributed by atoms with Crippen LogP contribution in [0, 0.1) is 0 Å². The van der Waals surface area contributed by atoms with Crippen molar-refractivity contribution in [1.82, 2.24) is 0 Å². The standard InChI is InChI=1S/C21H25ClO5/c1-12(2)14-5-3-13(4-6-14)9-15-7-8-16(10-17(15)22)27-21-20(25)19(24)18(23)11-26-21/h3-8,10,12,18-21,23-25H,9,11H2,1-2H3/t18-,19-,20+,21+/m0/s1. The van der Waals surface area contributed by atoms with Gasteiger partial charge in [0.25, 0.3) is 0 Å². The van der Waals surface area contributed by atoms with Gasteiger partial charge in [0.2, 0.25) is 6.29 Å². The maximum atomic E-state index is 9.96. The van der Waals surface area contributed by atoms with Crippen LogP contribution in [0.1, 0.15) is 36.5 Å². The average molecular weight is 393 g/mol. The highest BCUT2D eigenvalue weighted by Crippen LogP contribution is 2.27. The zero-order valence-corrected chi connectivity index (χ0v) is 16.1. The number of hydrogen-bond donors (Lipinski definition) is 3. The van der Waals surface area contributed by atoms with Crippen LogP contribution in [0.2, 0.25) is 5.02 Å². The molecule has 2 aromatic carbocycles. The number of hydrogen-bond acceptors (Lipinski definition) is 5. The molecule has 0 spiro atoms. The van der Waals surface area contributed by atoms with Crippen LogP contribution in [-0.4, -0.2) is 46.5 Å². The SMILES string of the molecule is CC(C)c1ccc(Cc2ccc(O[C@H]3OC[C@H](O)[C@H](O)[C@H]3O)cc2Cl)cc1. The van der Waals surface area contributed by atoms with Gasteiger partial charge < -0.3 is 24.8 Å². The molecule has 27 heavy (non-hydrogen) atoms. The zero-order chi connectivity index (χ0) is 19.6. The van der Waals surface area contributed by atoms with E-state index in [-0.39, 0.29) is 6.61 Å². The molecule has 0 bridgehead atoms. The van der Waals surface area contributed by atoms with Crippen molar-refractivity contribution in [1.29, 1.82) is 0 Å². The number of ether oxygens (including phenoxy) is 2. The summed E-state index contributed by atoms with van der Waals surface area (Å²) in [7, 11) is 0. The van der Waals surface area contributed by atoms with Crippen LogP contribution in [0.3, 0.4) is 0 Å². The van der Waals surface area contributed by atoms with Crippen LogP contribution < -0.4 is 4.74 Å². The van der Waals surface area contributed by atoms with Crippen LogP contribution in [0.15, 0.2) is 42.5 Å². The fourth-order valence-electron chi connectivity index (χ4n) is 3.00. The molecule has 146 valence electrons. The van der Waals surface area contributed by atoms with Gasteiger partial charge in [-0.25, -0.2) is 0 Å². The van der Waals surface area contributed by atoms with Crippen LogP contribution in [0.25, 0.3) is 0 Å². The summed E-state index contributed by atoms with van der Waals surface area (Å²) >= 11 is 6.39. The van der Waals surface area contributed by atoms with Gasteiger partial charge >= 0.3 is 0 Å². The van der Waals surface area contributed by atoms with Gasteiger partial charge in [-0.1, -0.05) is 55.8 Å². The van der Waals surface area contributed by atoms with Gasteiger partial charge in [0.15, 0.2) is 0 Å². The second-order valence-electron chi connectivity index (χ2n) is 7.19. The summed E-state index contributed by atoms with van der Waals surface area (Å²) in [5.74, 6) is 0.919. The summed E-state index contributed by atoms with van der Waals surface area (Å²) < 4.78 is 10.8. The van der Waals surface area contributed by atoms with Crippen molar-refractivity contribution in [2.45, 2.75) is 50.8 Å². The minimum atomic E-state index is -1.34. The number of aliphatic hydroxyl groups is 3. The van der Waals surface area contributed by atoms with Gasteiger partial charge in [0.05, 0.1) is 6.61 Å². The molecule has 4 atom stereocenters. The Balaban J connectivity index is 1.67. The molecule has 1 aliphatic heterocycles. The molecule has 6 heteroatoms. The van der Waals surface area contributed by atoms with Gasteiger partial charge in [-0.3, -0.25) is 0 Å². The van der Waals surface area contributed by atoms with Gasteiger partial charge in [-0.05, 0) is 41.2 Å². The Hall–Kier alpha value is -1.63. The smallest absolute Gasteiger partial charge is 0.228 e. The fourth-order valence-corrected chi connectivity index (χ4v) is 3.24. The number of rotatable bonds is 5. The quantitative estimate of drug-likeness (QED) is 0.729. The van der Waals surface area contributed by atoms with E-state index in [9.17, 15) is 15.3 Å². The van der Waals surface area contributed by atoms with Crippen molar-refractivity contribution >= 4 is 11.6 Å². The minimum Gasteiger partial charge on any atom is -0.462 e. The summed E-state index contributed by atoms with van der Waals surface area (Å²) in [6, 6.07) is 13.8. The predicted molar refractivity (Wildman–Crippen MR) is 103 cm³/mol. The minimum absolute atomic E-state index is 0.110. The topological polar surface area (TPSA) is 79.2 Å². The number of halogens is 1. The van der Waals surface area contributed by atoms with E-state index >= 15 is 0 Å². The second kappa shape index (κ2) is 8.59. The molecular weight excluding hydrogens is 368 g/mol. The lowest BCUT2D eigenvalue weighted by molar-refractivity contribution is -0.242. The van der Waals surface area contributed by atoms with Gasteiger partial charge in [0, 0.05) is 5.02 Å². The Bertz CT molecular complexity index is 762. The van der Waals surface area contributed by atoms with E-state index < -0.39 is 24.6 Å². The largest absolute Gasteiger partial charge is 0.462 e. The monoisotopic (exact) mass is 392 g/mol. The van der Waals surface area contributed by atoms with E-state index in [4.69, 9.17) is 21.1 Å². The van der Waals surface area contributed by atoms with Crippen molar-refractivity contribution in [3.8, 4) is 5.75 Å². The highest BCUT2D eigenvalue weighted by Gasteiger charge is 2.39. The van der Waals surface area contributed by atoms with E-state index in [0.717, 1.165) is 11.1 Å². The normalized spacial score (nSPS) is 25.6. The third-order valence-electron chi connectivity index (χ3n) is 4.77. The third-order valence-corrected chi connectivity index (χ3v) is 5.12. The summed E-state index contributed by atoms with van der Waals surface area (Å²) in [6.45, 7) is 4.22. The van der Waals surface area contributed by atoms with E-state index in [1.165, 1.54) is 5.56 Å². The maximum Gasteiger partial charge on any atom is 0.228 e. The first kappa shape index (κ1) is 20.1. The lowest BCUT2D eigenvalue weighted by Gasteiger charge is -2.34. The van der Waals surface area contributed by atoms with Gasteiger partial charge in [-0.2, -0.15) is 0 Å². The molecule has 0 radical (unpaired) electrons. The Morgan fingerprint density at radius 3 is 2.41 bits per heavy atom. The molecule has 5 nitrogen and oxygen atoms in total. The molecule has 0 aromatic heterocycles. The van der Waals surface area contributed by atoms with E-state index in [1.807, 2.05) is 6.07 Å². The van der Waals surface area contributed by atoms with Crippen LogP contribution >= 0.6 is 11.6 Å². The summed E-state index contributed by atoms with van der Waals surface area (Å²) in [5.41, 5.74) is 3.42. The second-order valence-corrected chi connectivity index (χ2v) is 7.60. The molecule has 3 N–H and O–H groups in total. The summed E-state index contributed by atoms with van der Waals surface area (Å²) in [5, 5.41) is 29.7. The molecule has 0 unspecified atom stereocenters. The number of aliphatic hydroxyl groups excluding tert-OH is 3. The molecule has 1 saturated heterocycles. The van der Waals surface area contributed by atoms with Gasteiger partial charge in [0.1, 0.15) is 24.1 Å². The average Bonchev–Trinajstić information content (AvgIpc) is 2.65. The maximum absolute atomic E-state index is 9.96. The Labute approximate surface area is 164 Å². The predicted octanol–water partition coefficient (Wildman–Crippen LogP) is 2.87. The highest BCUT2D eigenvalue weighted by molar-refractivity contribution is 6.31. The van der Waals surface area contributed by atoms with E-state index in [0.29, 0.717) is 23.1 Å². The fraction of sp³-hybridized carbons (Fsp3) is 0.429. The molecule has 0 saturated carbocycles. The lowest BCUT2D eigenvalue weighted by Crippen LogP contribution is -2.54. The first-order valence-electron chi connectivity index (χ1n) is 9.05. The Morgan fingerprint density at radius 1 is 1.07 bits per heavy atom. The molecule has 2 aromatic rings. The van der Waals surface area contributed by atoms with E-state index in [2.05, 4.69) is 38.1 Å². The first-order valence-corrected chi connectivity index (χ1v) is 9.42. The summed E-state index contributed by atoms with van der Waals surface area (Å²) in [4.78, 5) is 0. The molecule has 0 aliphatic carbocycles. The van der Waals surface area contributed by atoms with Crippen molar-refractivity contribution in [3.05, 3.63) is 64.2 Å². The molecule has 0 amide bonds. The first-order chi connectivity index (χ1) is 12.8. The van der Waals surface area contributed by atoms with Crippen molar-refractivity contribution < 1.29 is 24.8 Å². The molecule has 1 heterocycles. The molecule has 1 aliphatic rings. The van der Waals surface area contributed by atoms with Crippen molar-refractivity contribution in [3.63, 3.8) is 0 Å². The zero-order valence-electron chi connectivity index (χ0n) is 15.4.